The summed E-state index contributed by atoms with van der Waals surface area (Å²) in [7, 11) is 0. The van der Waals surface area contributed by atoms with Gasteiger partial charge in [-0.15, -0.1) is 11.3 Å². The van der Waals surface area contributed by atoms with E-state index in [2.05, 4.69) is 0 Å². The Morgan fingerprint density at radius 2 is 1.94 bits per heavy atom. The number of hydrogen-bond donors (Lipinski definition) is 1. The van der Waals surface area contributed by atoms with Crippen LogP contribution in [0.5, 0.6) is 0 Å². The molecule has 2 aromatic rings. The lowest BCUT2D eigenvalue weighted by atomic mass is 10.1. The van der Waals surface area contributed by atoms with Crippen LogP contribution in [0, 0.1) is 0 Å². The van der Waals surface area contributed by atoms with E-state index in [0.29, 0.717) is 10.9 Å². The molecule has 2 rings (SSSR count). The lowest BCUT2D eigenvalue weighted by Gasteiger charge is -2.12. The Kier molecular flexibility index (Phi) is 2.90. The van der Waals surface area contributed by atoms with Crippen molar-refractivity contribution >= 4 is 21.4 Å². The molecule has 1 aromatic carbocycles. The topological polar surface area (TPSA) is 20.2 Å². The van der Waals surface area contributed by atoms with Gasteiger partial charge in [0.25, 0.3) is 0 Å². The molecule has 5 heteroatoms. The first kappa shape index (κ1) is 11.4. The Morgan fingerprint density at radius 3 is 2.62 bits per heavy atom. The number of aliphatic hydroxyl groups is 1. The largest absolute Gasteiger partial charge is 0.391 e. The van der Waals surface area contributed by atoms with E-state index in [1.165, 1.54) is 11.3 Å². The van der Waals surface area contributed by atoms with Crippen molar-refractivity contribution in [3.63, 3.8) is 0 Å². The van der Waals surface area contributed by atoms with Gasteiger partial charge in [0.1, 0.15) is 0 Å². The van der Waals surface area contributed by atoms with E-state index < -0.39 is 18.7 Å². The predicted octanol–water partition coefficient (Wildman–Crippen LogP) is 3.89. The Hall–Kier alpha value is -1.07. The van der Waals surface area contributed by atoms with Gasteiger partial charge >= 0.3 is 6.18 Å². The Bertz CT molecular complexity index is 489. The van der Waals surface area contributed by atoms with Crippen molar-refractivity contribution in [2.75, 3.05) is 0 Å². The molecule has 0 saturated carbocycles. The average molecular weight is 246 g/mol. The molecule has 16 heavy (non-hydrogen) atoms. The van der Waals surface area contributed by atoms with Crippen LogP contribution in [0.1, 0.15) is 18.1 Å². The molecule has 86 valence electrons. The lowest BCUT2D eigenvalue weighted by molar-refractivity contribution is -0.154. The molecule has 1 atom stereocenters. The van der Waals surface area contributed by atoms with E-state index in [0.717, 1.165) is 4.70 Å². The number of aliphatic hydroxyl groups excluding tert-OH is 1. The van der Waals surface area contributed by atoms with Crippen LogP contribution in [0.3, 0.4) is 0 Å². The van der Waals surface area contributed by atoms with Crippen LogP contribution in [-0.2, 0) is 0 Å². The second-order valence-corrected chi connectivity index (χ2v) is 4.43. The maximum Gasteiger partial charge on any atom is 0.391 e. The predicted molar refractivity (Wildman–Crippen MR) is 57.5 cm³/mol. The summed E-state index contributed by atoms with van der Waals surface area (Å²) < 4.78 is 37.3. The van der Waals surface area contributed by atoms with Crippen molar-refractivity contribution in [3.8, 4) is 0 Å². The van der Waals surface area contributed by atoms with Gasteiger partial charge in [-0.1, -0.05) is 18.2 Å². The van der Waals surface area contributed by atoms with Crippen LogP contribution >= 0.6 is 11.3 Å². The van der Waals surface area contributed by atoms with E-state index in [4.69, 9.17) is 0 Å². The van der Waals surface area contributed by atoms with Gasteiger partial charge in [-0.2, -0.15) is 13.2 Å². The third-order valence-electron chi connectivity index (χ3n) is 2.29. The van der Waals surface area contributed by atoms with Crippen molar-refractivity contribution in [1.29, 1.82) is 0 Å². The summed E-state index contributed by atoms with van der Waals surface area (Å²) in [5, 5.41) is 11.8. The maximum absolute atomic E-state index is 12.1. The molecular formula is C11H9F3OS. The van der Waals surface area contributed by atoms with Gasteiger partial charge in [0.2, 0.25) is 0 Å². The number of halogens is 3. The normalized spacial score (nSPS) is 14.2. The summed E-state index contributed by atoms with van der Waals surface area (Å²) in [4.78, 5) is 0. The van der Waals surface area contributed by atoms with Gasteiger partial charge < -0.3 is 5.11 Å². The molecule has 1 N–H and O–H groups in total. The molecule has 0 aliphatic carbocycles. The molecule has 0 aliphatic heterocycles. The van der Waals surface area contributed by atoms with Gasteiger partial charge in [0, 0.05) is 4.70 Å². The summed E-state index contributed by atoms with van der Waals surface area (Å²) in [5.74, 6) is 0. The van der Waals surface area contributed by atoms with Crippen LogP contribution in [0.25, 0.3) is 10.1 Å². The van der Waals surface area contributed by atoms with Crippen molar-refractivity contribution in [1.82, 2.24) is 0 Å². The van der Waals surface area contributed by atoms with E-state index >= 15 is 0 Å². The Labute approximate surface area is 94.1 Å². The highest BCUT2D eigenvalue weighted by molar-refractivity contribution is 7.17. The van der Waals surface area contributed by atoms with Crippen LogP contribution in [-0.4, -0.2) is 11.3 Å². The fourth-order valence-corrected chi connectivity index (χ4v) is 2.59. The van der Waals surface area contributed by atoms with Gasteiger partial charge in [0.15, 0.2) is 0 Å². The number of benzene rings is 1. The monoisotopic (exact) mass is 246 g/mol. The minimum Gasteiger partial charge on any atom is -0.388 e. The summed E-state index contributed by atoms with van der Waals surface area (Å²) in [6.45, 7) is 0. The summed E-state index contributed by atoms with van der Waals surface area (Å²) >= 11 is 1.34. The number of rotatable bonds is 2. The average Bonchev–Trinajstić information content (AvgIpc) is 2.58. The first-order valence-electron chi connectivity index (χ1n) is 4.68. The molecule has 1 nitrogen and oxygen atoms in total. The molecule has 1 unspecified atom stereocenters. The number of hydrogen-bond acceptors (Lipinski definition) is 2. The van der Waals surface area contributed by atoms with Crippen LogP contribution < -0.4 is 0 Å². The Balaban J connectivity index is 2.33. The molecule has 1 heterocycles. The zero-order valence-electron chi connectivity index (χ0n) is 8.16. The van der Waals surface area contributed by atoms with Crippen LogP contribution in [0.2, 0.25) is 0 Å². The molecule has 0 saturated heterocycles. The lowest BCUT2D eigenvalue weighted by Crippen LogP contribution is -2.13. The number of fused-ring (bicyclic) bond motifs is 1. The first-order valence-corrected chi connectivity index (χ1v) is 5.56. The highest BCUT2D eigenvalue weighted by Crippen LogP contribution is 2.35. The van der Waals surface area contributed by atoms with Crippen molar-refractivity contribution in [2.24, 2.45) is 0 Å². The van der Waals surface area contributed by atoms with Gasteiger partial charge in [-0.25, -0.2) is 0 Å². The SMILES string of the molecule is OC(CC(F)(F)F)c1csc2ccccc12. The second-order valence-electron chi connectivity index (χ2n) is 3.52. The molecule has 0 bridgehead atoms. The van der Waals surface area contributed by atoms with E-state index in [-0.39, 0.29) is 0 Å². The molecule has 0 fully saturated rings. The van der Waals surface area contributed by atoms with E-state index in [1.54, 1.807) is 17.5 Å². The number of thiophene rings is 1. The molecule has 0 radical (unpaired) electrons. The zero-order chi connectivity index (χ0) is 11.8. The van der Waals surface area contributed by atoms with Gasteiger partial charge in [-0.3, -0.25) is 0 Å². The Morgan fingerprint density at radius 1 is 1.25 bits per heavy atom. The quantitative estimate of drug-likeness (QED) is 0.852. The minimum absolute atomic E-state index is 0.359. The molecule has 0 spiro atoms. The van der Waals surface area contributed by atoms with Crippen LogP contribution in [0.4, 0.5) is 13.2 Å². The van der Waals surface area contributed by atoms with Crippen molar-refractivity contribution < 1.29 is 18.3 Å². The minimum atomic E-state index is -4.34. The maximum atomic E-state index is 12.1. The van der Waals surface area contributed by atoms with E-state index in [9.17, 15) is 18.3 Å². The highest BCUT2D eigenvalue weighted by atomic mass is 32.1. The van der Waals surface area contributed by atoms with Crippen molar-refractivity contribution in [3.05, 3.63) is 35.2 Å². The zero-order valence-corrected chi connectivity index (χ0v) is 8.98. The molecule has 0 aliphatic rings. The fraction of sp³-hybridized carbons (Fsp3) is 0.273. The summed E-state index contributed by atoms with van der Waals surface area (Å²) in [5.41, 5.74) is 0.359. The standard InChI is InChI=1S/C11H9F3OS/c12-11(13,14)5-9(15)8-6-16-10-4-2-1-3-7(8)10/h1-4,6,9,15H,5H2. The third-order valence-corrected chi connectivity index (χ3v) is 3.28. The smallest absolute Gasteiger partial charge is 0.388 e. The molecule has 1 aromatic heterocycles. The highest BCUT2D eigenvalue weighted by Gasteiger charge is 2.32. The molecular weight excluding hydrogens is 237 g/mol. The van der Waals surface area contributed by atoms with Crippen molar-refractivity contribution in [2.45, 2.75) is 18.7 Å². The third kappa shape index (κ3) is 2.36. The fourth-order valence-electron chi connectivity index (χ4n) is 1.59. The number of alkyl halides is 3. The van der Waals surface area contributed by atoms with Gasteiger partial charge in [0.05, 0.1) is 12.5 Å². The summed E-state index contributed by atoms with van der Waals surface area (Å²) in [6.07, 6.45) is -7.02. The second kappa shape index (κ2) is 4.07. The summed E-state index contributed by atoms with van der Waals surface area (Å²) in [6, 6.07) is 7.11. The molecule has 0 amide bonds. The van der Waals surface area contributed by atoms with Crippen LogP contribution in [0.15, 0.2) is 29.6 Å². The first-order chi connectivity index (χ1) is 7.47. The van der Waals surface area contributed by atoms with Gasteiger partial charge in [-0.05, 0) is 22.4 Å². The van der Waals surface area contributed by atoms with E-state index in [1.807, 2.05) is 12.1 Å².